The Morgan fingerprint density at radius 2 is 1.90 bits per heavy atom. The fourth-order valence-corrected chi connectivity index (χ4v) is 1.63. The quantitative estimate of drug-likeness (QED) is 0.619. The molecule has 10 heavy (non-hydrogen) atoms. The zero-order valence-electron chi connectivity index (χ0n) is 6.29. The second kappa shape index (κ2) is 3.77. The van der Waals surface area contributed by atoms with E-state index in [2.05, 4.69) is 0 Å². The molecule has 0 aliphatic heterocycles. The molecule has 1 aliphatic carbocycles. The van der Waals surface area contributed by atoms with Crippen LogP contribution in [0.25, 0.3) is 0 Å². The smallest absolute Gasteiger partial charge is 0.0752 e. The van der Waals surface area contributed by atoms with Crippen LogP contribution in [0.5, 0.6) is 0 Å². The Kier molecular flexibility index (Phi) is 2.94. The van der Waals surface area contributed by atoms with Crippen LogP contribution < -0.4 is 0 Å². The standard InChI is InChI=1S/C9H15O/c1-2-9(10)8-6-4-3-5-7-8/h1-2,8-10H,3-7H2/t9-/m0/s1. The lowest BCUT2D eigenvalue weighted by Gasteiger charge is -2.24. The molecule has 0 unspecified atom stereocenters. The van der Waals surface area contributed by atoms with E-state index in [1.165, 1.54) is 25.3 Å². The predicted molar refractivity (Wildman–Crippen MR) is 41.5 cm³/mol. The van der Waals surface area contributed by atoms with Gasteiger partial charge in [0.2, 0.25) is 0 Å². The molecule has 0 aromatic rings. The molecule has 1 rings (SSSR count). The Balaban J connectivity index is 2.30. The van der Waals surface area contributed by atoms with Crippen LogP contribution in [-0.2, 0) is 0 Å². The SMILES string of the molecule is [CH]=C[C@H](O)C1CCCCC1. The van der Waals surface area contributed by atoms with Gasteiger partial charge in [0.15, 0.2) is 0 Å². The van der Waals surface area contributed by atoms with E-state index in [0.29, 0.717) is 5.92 Å². The topological polar surface area (TPSA) is 20.2 Å². The lowest BCUT2D eigenvalue weighted by atomic mass is 9.85. The monoisotopic (exact) mass is 139 g/mol. The summed E-state index contributed by atoms with van der Waals surface area (Å²) in [4.78, 5) is 0. The van der Waals surface area contributed by atoms with Crippen LogP contribution in [0.3, 0.4) is 0 Å². The van der Waals surface area contributed by atoms with Gasteiger partial charge < -0.3 is 5.11 Å². The Labute approximate surface area is 62.8 Å². The molecule has 0 amide bonds. The van der Waals surface area contributed by atoms with E-state index in [1.807, 2.05) is 0 Å². The highest BCUT2D eigenvalue weighted by Crippen LogP contribution is 2.26. The number of rotatable bonds is 2. The second-order valence-corrected chi connectivity index (χ2v) is 3.08. The van der Waals surface area contributed by atoms with Crippen LogP contribution in [0.4, 0.5) is 0 Å². The van der Waals surface area contributed by atoms with Gasteiger partial charge in [-0.15, -0.1) is 0 Å². The summed E-state index contributed by atoms with van der Waals surface area (Å²) in [6, 6.07) is 0. The van der Waals surface area contributed by atoms with Crippen LogP contribution in [0.2, 0.25) is 0 Å². The van der Waals surface area contributed by atoms with Gasteiger partial charge in [0.1, 0.15) is 0 Å². The maximum Gasteiger partial charge on any atom is 0.0752 e. The van der Waals surface area contributed by atoms with Crippen molar-refractivity contribution in [2.24, 2.45) is 5.92 Å². The first-order valence-electron chi connectivity index (χ1n) is 4.07. The molecule has 1 heteroatoms. The van der Waals surface area contributed by atoms with Crippen molar-refractivity contribution in [1.82, 2.24) is 0 Å². The van der Waals surface area contributed by atoms with Gasteiger partial charge in [-0.05, 0) is 18.8 Å². The predicted octanol–water partition coefficient (Wildman–Crippen LogP) is 1.92. The molecule has 0 bridgehead atoms. The van der Waals surface area contributed by atoms with Crippen LogP contribution in [0, 0.1) is 12.5 Å². The van der Waals surface area contributed by atoms with Gasteiger partial charge in [-0.2, -0.15) is 0 Å². The maximum absolute atomic E-state index is 9.30. The fourth-order valence-electron chi connectivity index (χ4n) is 1.63. The molecule has 1 radical (unpaired) electrons. The summed E-state index contributed by atoms with van der Waals surface area (Å²) in [5.41, 5.74) is 0. The van der Waals surface area contributed by atoms with E-state index in [-0.39, 0.29) is 6.10 Å². The van der Waals surface area contributed by atoms with Crippen LogP contribution in [0.1, 0.15) is 32.1 Å². The van der Waals surface area contributed by atoms with E-state index < -0.39 is 0 Å². The van der Waals surface area contributed by atoms with Crippen molar-refractivity contribution in [1.29, 1.82) is 0 Å². The molecule has 57 valence electrons. The van der Waals surface area contributed by atoms with Gasteiger partial charge >= 0.3 is 0 Å². The highest BCUT2D eigenvalue weighted by molar-refractivity contribution is 4.83. The fraction of sp³-hybridized carbons (Fsp3) is 0.778. The highest BCUT2D eigenvalue weighted by Gasteiger charge is 2.18. The number of aliphatic hydroxyl groups excluding tert-OH is 1. The minimum atomic E-state index is -0.361. The van der Waals surface area contributed by atoms with E-state index in [4.69, 9.17) is 6.58 Å². The van der Waals surface area contributed by atoms with Crippen molar-refractivity contribution < 1.29 is 5.11 Å². The van der Waals surface area contributed by atoms with Crippen LogP contribution in [0.15, 0.2) is 6.08 Å². The van der Waals surface area contributed by atoms with Crippen LogP contribution >= 0.6 is 0 Å². The van der Waals surface area contributed by atoms with Crippen molar-refractivity contribution in [2.75, 3.05) is 0 Å². The van der Waals surface area contributed by atoms with Gasteiger partial charge in [-0.25, -0.2) is 0 Å². The minimum Gasteiger partial charge on any atom is -0.389 e. The first-order valence-corrected chi connectivity index (χ1v) is 4.07. The van der Waals surface area contributed by atoms with Crippen molar-refractivity contribution in [2.45, 2.75) is 38.2 Å². The average molecular weight is 139 g/mol. The highest BCUT2D eigenvalue weighted by atomic mass is 16.3. The Morgan fingerprint density at radius 1 is 1.30 bits per heavy atom. The third-order valence-electron chi connectivity index (χ3n) is 2.33. The third-order valence-corrected chi connectivity index (χ3v) is 2.33. The van der Waals surface area contributed by atoms with Crippen molar-refractivity contribution >= 4 is 0 Å². The van der Waals surface area contributed by atoms with E-state index in [0.717, 1.165) is 12.8 Å². The summed E-state index contributed by atoms with van der Waals surface area (Å²) in [7, 11) is 0. The molecule has 0 spiro atoms. The summed E-state index contributed by atoms with van der Waals surface area (Å²) < 4.78 is 0. The molecular weight excluding hydrogens is 124 g/mol. The molecule has 1 fully saturated rings. The van der Waals surface area contributed by atoms with Crippen molar-refractivity contribution in [3.63, 3.8) is 0 Å². The van der Waals surface area contributed by atoms with E-state index >= 15 is 0 Å². The molecular formula is C9H15O. The normalized spacial score (nSPS) is 24.1. The largest absolute Gasteiger partial charge is 0.389 e. The molecule has 1 atom stereocenters. The van der Waals surface area contributed by atoms with Crippen molar-refractivity contribution in [3.8, 4) is 0 Å². The van der Waals surface area contributed by atoms with Gasteiger partial charge in [0.25, 0.3) is 0 Å². The molecule has 0 saturated heterocycles. The molecule has 0 aromatic heterocycles. The Morgan fingerprint density at radius 3 is 2.40 bits per heavy atom. The van der Waals surface area contributed by atoms with Gasteiger partial charge in [0.05, 0.1) is 6.10 Å². The Hall–Kier alpha value is -0.300. The maximum atomic E-state index is 9.30. The molecule has 1 aliphatic rings. The van der Waals surface area contributed by atoms with Gasteiger partial charge in [-0.1, -0.05) is 31.9 Å². The van der Waals surface area contributed by atoms with Gasteiger partial charge in [0, 0.05) is 0 Å². The first-order chi connectivity index (χ1) is 4.84. The van der Waals surface area contributed by atoms with Crippen LogP contribution in [-0.4, -0.2) is 11.2 Å². The summed E-state index contributed by atoms with van der Waals surface area (Å²) in [5.74, 6) is 0.443. The first kappa shape index (κ1) is 7.80. The number of hydrogen-bond donors (Lipinski definition) is 1. The van der Waals surface area contributed by atoms with Gasteiger partial charge in [-0.3, -0.25) is 0 Å². The summed E-state index contributed by atoms with van der Waals surface area (Å²) in [6.45, 7) is 5.23. The van der Waals surface area contributed by atoms with E-state index in [9.17, 15) is 5.11 Å². The number of hydrogen-bond acceptors (Lipinski definition) is 1. The summed E-state index contributed by atoms with van der Waals surface area (Å²) in [5, 5.41) is 9.30. The number of aliphatic hydroxyl groups is 1. The molecule has 1 nitrogen and oxygen atoms in total. The second-order valence-electron chi connectivity index (χ2n) is 3.08. The summed E-state index contributed by atoms with van der Waals surface area (Å²) >= 11 is 0. The molecule has 0 aromatic carbocycles. The Bertz CT molecular complexity index is 103. The molecule has 0 heterocycles. The zero-order valence-corrected chi connectivity index (χ0v) is 6.29. The summed E-state index contributed by atoms with van der Waals surface area (Å²) in [6.07, 6.45) is 7.19. The minimum absolute atomic E-state index is 0.361. The van der Waals surface area contributed by atoms with Crippen molar-refractivity contribution in [3.05, 3.63) is 12.7 Å². The lowest BCUT2D eigenvalue weighted by molar-refractivity contribution is 0.125. The lowest BCUT2D eigenvalue weighted by Crippen LogP contribution is -2.20. The molecule has 1 saturated carbocycles. The zero-order chi connectivity index (χ0) is 7.40. The third kappa shape index (κ3) is 1.84. The average Bonchev–Trinajstić information content (AvgIpc) is 2.05. The molecule has 1 N–H and O–H groups in total. The van der Waals surface area contributed by atoms with E-state index in [1.54, 1.807) is 0 Å².